The molecule has 8 nitrogen and oxygen atoms in total. The molecule has 1 fully saturated rings. The van der Waals surface area contributed by atoms with Crippen molar-refractivity contribution in [3.8, 4) is 39.7 Å². The van der Waals surface area contributed by atoms with E-state index in [4.69, 9.17) is 26.4 Å². The Hall–Kier alpha value is -4.69. The van der Waals surface area contributed by atoms with Gasteiger partial charge in [-0.2, -0.15) is 5.10 Å². The number of halogens is 1. The van der Waals surface area contributed by atoms with E-state index in [1.165, 1.54) is 0 Å². The van der Waals surface area contributed by atoms with Crippen molar-refractivity contribution in [2.24, 2.45) is 0 Å². The number of hydrogen-bond acceptors (Lipinski definition) is 5. The van der Waals surface area contributed by atoms with Crippen LogP contribution in [-0.2, 0) is 6.54 Å². The number of nitrogens with one attached hydrogen (secondary N) is 1. The van der Waals surface area contributed by atoms with Crippen LogP contribution in [0.3, 0.4) is 0 Å². The number of pyridine rings is 1. The molecule has 0 radical (unpaired) electrons. The van der Waals surface area contributed by atoms with Crippen LogP contribution in [0.4, 0.5) is 10.5 Å². The smallest absolute Gasteiger partial charge is 0.322 e. The highest BCUT2D eigenvalue weighted by Crippen LogP contribution is 2.32. The van der Waals surface area contributed by atoms with Crippen LogP contribution in [0.15, 0.2) is 97.3 Å². The minimum absolute atomic E-state index is 0.112. The molecule has 9 heteroatoms. The number of benzene rings is 3. The Bertz CT molecular complexity index is 1690. The highest BCUT2D eigenvalue weighted by molar-refractivity contribution is 6.32. The number of anilines is 1. The molecule has 2 heterocycles. The van der Waals surface area contributed by atoms with Gasteiger partial charge in [-0.25, -0.2) is 14.5 Å². The van der Waals surface area contributed by atoms with Crippen LogP contribution in [0, 0.1) is 0 Å². The molecule has 2 amide bonds. The van der Waals surface area contributed by atoms with Gasteiger partial charge in [0, 0.05) is 41.7 Å². The van der Waals surface area contributed by atoms with E-state index in [1.54, 1.807) is 19.5 Å². The summed E-state index contributed by atoms with van der Waals surface area (Å²) in [5.74, 6) is 1.83. The quantitative estimate of drug-likeness (QED) is 0.189. The number of urea groups is 1. The first-order valence-electron chi connectivity index (χ1n) is 14.5. The SMILES string of the molecule is COc1ccc(-c2nc(-c3ccncc3)nn2CCN(C(=O)Nc2ccccc2-c2ccccc2)C2CCCC2)cc1Cl. The van der Waals surface area contributed by atoms with E-state index in [2.05, 4.69) is 22.4 Å². The van der Waals surface area contributed by atoms with Crippen LogP contribution in [-0.4, -0.2) is 50.4 Å². The van der Waals surface area contributed by atoms with Gasteiger partial charge in [0.15, 0.2) is 11.6 Å². The second kappa shape index (κ2) is 13.1. The topological polar surface area (TPSA) is 85.2 Å². The molecule has 1 saturated carbocycles. The van der Waals surface area contributed by atoms with Gasteiger partial charge in [-0.15, -0.1) is 0 Å². The molecule has 1 aliphatic rings. The zero-order valence-electron chi connectivity index (χ0n) is 24.0. The fourth-order valence-electron chi connectivity index (χ4n) is 5.66. The fourth-order valence-corrected chi connectivity index (χ4v) is 5.91. The number of amides is 2. The average Bonchev–Trinajstić information content (AvgIpc) is 3.73. The van der Waals surface area contributed by atoms with Crippen LogP contribution in [0.5, 0.6) is 5.75 Å². The lowest BCUT2D eigenvalue weighted by atomic mass is 10.0. The van der Waals surface area contributed by atoms with Crippen molar-refractivity contribution >= 4 is 23.3 Å². The van der Waals surface area contributed by atoms with Gasteiger partial charge in [-0.1, -0.05) is 73.0 Å². The van der Waals surface area contributed by atoms with Crippen LogP contribution in [0.2, 0.25) is 5.02 Å². The van der Waals surface area contributed by atoms with Gasteiger partial charge in [-0.05, 0) is 54.8 Å². The molecule has 5 aromatic rings. The maximum Gasteiger partial charge on any atom is 0.322 e. The van der Waals surface area contributed by atoms with Gasteiger partial charge in [0.1, 0.15) is 5.75 Å². The van der Waals surface area contributed by atoms with Crippen LogP contribution >= 0.6 is 11.6 Å². The molecule has 0 bridgehead atoms. The van der Waals surface area contributed by atoms with Crippen molar-refractivity contribution in [3.63, 3.8) is 0 Å². The van der Waals surface area contributed by atoms with Crippen LogP contribution in [0.1, 0.15) is 25.7 Å². The molecule has 2 aromatic heterocycles. The Kier molecular flexibility index (Phi) is 8.65. The van der Waals surface area contributed by atoms with Crippen molar-refractivity contribution in [1.29, 1.82) is 0 Å². The summed E-state index contributed by atoms with van der Waals surface area (Å²) in [6, 6.07) is 27.4. The number of rotatable bonds is 9. The fraction of sp³-hybridized carbons (Fsp3) is 0.235. The van der Waals surface area contributed by atoms with Gasteiger partial charge >= 0.3 is 6.03 Å². The molecule has 0 atom stereocenters. The Morgan fingerprint density at radius 1 is 0.953 bits per heavy atom. The predicted molar refractivity (Wildman–Crippen MR) is 170 cm³/mol. The van der Waals surface area contributed by atoms with Crippen molar-refractivity contribution in [1.82, 2.24) is 24.6 Å². The number of methoxy groups -OCH3 is 1. The lowest BCUT2D eigenvalue weighted by Crippen LogP contribution is -2.43. The summed E-state index contributed by atoms with van der Waals surface area (Å²) in [6.45, 7) is 0.932. The van der Waals surface area contributed by atoms with Crippen molar-refractivity contribution in [2.75, 3.05) is 19.0 Å². The molecule has 0 spiro atoms. The first-order valence-corrected chi connectivity index (χ1v) is 14.9. The second-order valence-corrected chi connectivity index (χ2v) is 10.9. The summed E-state index contributed by atoms with van der Waals surface area (Å²) in [5, 5.41) is 8.58. The van der Waals surface area contributed by atoms with Gasteiger partial charge in [-0.3, -0.25) is 4.98 Å². The molecule has 218 valence electrons. The third kappa shape index (κ3) is 6.39. The first-order chi connectivity index (χ1) is 21.1. The molecule has 6 rings (SSSR count). The first kappa shape index (κ1) is 28.4. The van der Waals surface area contributed by atoms with E-state index in [0.717, 1.165) is 53.6 Å². The Morgan fingerprint density at radius 2 is 1.70 bits per heavy atom. The highest BCUT2D eigenvalue weighted by atomic mass is 35.5. The number of nitrogens with zero attached hydrogens (tertiary/aromatic N) is 5. The minimum atomic E-state index is -0.112. The number of hydrogen-bond donors (Lipinski definition) is 1. The van der Waals surface area contributed by atoms with Crippen LogP contribution < -0.4 is 10.1 Å². The Morgan fingerprint density at radius 3 is 2.44 bits per heavy atom. The summed E-state index contributed by atoms with van der Waals surface area (Å²) in [4.78, 5) is 24.9. The lowest BCUT2D eigenvalue weighted by molar-refractivity contribution is 0.184. The molecule has 3 aromatic carbocycles. The van der Waals surface area contributed by atoms with E-state index >= 15 is 0 Å². The minimum Gasteiger partial charge on any atom is -0.495 e. The maximum atomic E-state index is 13.9. The third-order valence-corrected chi connectivity index (χ3v) is 8.15. The highest BCUT2D eigenvalue weighted by Gasteiger charge is 2.28. The van der Waals surface area contributed by atoms with E-state index in [1.807, 2.05) is 82.4 Å². The number of ether oxygens (including phenoxy) is 1. The zero-order chi connectivity index (χ0) is 29.6. The Labute approximate surface area is 256 Å². The summed E-state index contributed by atoms with van der Waals surface area (Å²) < 4.78 is 7.22. The zero-order valence-corrected chi connectivity index (χ0v) is 24.7. The molecule has 0 unspecified atom stereocenters. The van der Waals surface area contributed by atoms with Gasteiger partial charge in [0.05, 0.1) is 24.4 Å². The average molecular weight is 593 g/mol. The van der Waals surface area contributed by atoms with Gasteiger partial charge in [0.2, 0.25) is 0 Å². The normalized spacial score (nSPS) is 13.2. The molecule has 0 saturated heterocycles. The van der Waals surface area contributed by atoms with Crippen molar-refractivity contribution < 1.29 is 9.53 Å². The summed E-state index contributed by atoms with van der Waals surface area (Å²) in [7, 11) is 1.59. The molecule has 1 N–H and O–H groups in total. The van der Waals surface area contributed by atoms with E-state index in [-0.39, 0.29) is 12.1 Å². The summed E-state index contributed by atoms with van der Waals surface area (Å²) >= 11 is 6.49. The number of para-hydroxylation sites is 1. The Balaban J connectivity index is 1.29. The van der Waals surface area contributed by atoms with E-state index in [0.29, 0.717) is 35.5 Å². The second-order valence-electron chi connectivity index (χ2n) is 10.5. The molecule has 1 aliphatic carbocycles. The van der Waals surface area contributed by atoms with Crippen molar-refractivity contribution in [3.05, 3.63) is 102 Å². The predicted octanol–water partition coefficient (Wildman–Crippen LogP) is 7.81. The van der Waals surface area contributed by atoms with Gasteiger partial charge < -0.3 is 15.0 Å². The number of carbonyl (C=O) groups is 1. The largest absolute Gasteiger partial charge is 0.495 e. The number of aromatic nitrogens is 4. The van der Waals surface area contributed by atoms with Gasteiger partial charge in [0.25, 0.3) is 0 Å². The monoisotopic (exact) mass is 592 g/mol. The third-order valence-electron chi connectivity index (χ3n) is 7.85. The van der Waals surface area contributed by atoms with Crippen LogP contribution in [0.25, 0.3) is 33.9 Å². The standard InChI is InChI=1S/C34H33ClN6O2/c1-43-31-16-15-26(23-29(31)35)33-38-32(25-17-19-36-20-18-25)39-41(33)22-21-40(27-11-5-6-12-27)34(42)37-30-14-8-7-13-28(30)24-9-3-2-4-10-24/h2-4,7-10,13-20,23,27H,5-6,11-12,21-22H2,1H3,(H,37,42). The van der Waals surface area contributed by atoms with E-state index in [9.17, 15) is 4.79 Å². The summed E-state index contributed by atoms with van der Waals surface area (Å²) in [6.07, 6.45) is 7.63. The summed E-state index contributed by atoms with van der Waals surface area (Å²) in [5.41, 5.74) is 4.50. The molecular weight excluding hydrogens is 560 g/mol. The lowest BCUT2D eigenvalue weighted by Gasteiger charge is -2.29. The molecular formula is C34H33ClN6O2. The van der Waals surface area contributed by atoms with Crippen molar-refractivity contribution in [2.45, 2.75) is 38.3 Å². The van der Waals surface area contributed by atoms with E-state index < -0.39 is 0 Å². The number of carbonyl (C=O) groups excluding carboxylic acids is 1. The molecule has 0 aliphatic heterocycles. The molecule has 43 heavy (non-hydrogen) atoms. The maximum absolute atomic E-state index is 13.9.